The number of likely N-dealkylation sites (tertiary alicyclic amines) is 1. The number of allylic oxidation sites excluding steroid dienone is 1. The van der Waals surface area contributed by atoms with Crippen LogP contribution in [0.2, 0.25) is 0 Å². The summed E-state index contributed by atoms with van der Waals surface area (Å²) >= 11 is 3.50. The number of thiophene rings is 1. The molecule has 204 valence electrons. The van der Waals surface area contributed by atoms with Gasteiger partial charge in [0.1, 0.15) is 0 Å². The molecule has 4 rings (SSSR count). The monoisotopic (exact) mass is 653 g/mol. The fourth-order valence-electron chi connectivity index (χ4n) is 5.59. The van der Waals surface area contributed by atoms with Gasteiger partial charge in [0.2, 0.25) is 11.8 Å². The Morgan fingerprint density at radius 3 is 2.68 bits per heavy atom. The Hall–Kier alpha value is -2.25. The highest BCUT2D eigenvalue weighted by atomic mass is 127. The molecule has 0 saturated carbocycles. The second kappa shape index (κ2) is 12.3. The summed E-state index contributed by atoms with van der Waals surface area (Å²) in [5.41, 5.74) is 2.82. The van der Waals surface area contributed by atoms with Crippen molar-refractivity contribution in [2.75, 3.05) is 20.3 Å². The van der Waals surface area contributed by atoms with E-state index in [9.17, 15) is 30.0 Å². The molecule has 1 aliphatic carbocycles. The predicted molar refractivity (Wildman–Crippen MR) is 152 cm³/mol. The van der Waals surface area contributed by atoms with Gasteiger partial charge in [-0.15, -0.1) is 11.3 Å². The number of carbonyl (C=O) groups is 2. The third-order valence-electron chi connectivity index (χ3n) is 7.41. The number of nitrogens with zero attached hydrogens (tertiary/aromatic N) is 1. The predicted octanol–water partition coefficient (Wildman–Crippen LogP) is 3.71. The number of aliphatic hydroxyl groups is 3. The lowest BCUT2D eigenvalue weighted by Gasteiger charge is -2.36. The Kier molecular flexibility index (Phi) is 9.30. The van der Waals surface area contributed by atoms with Gasteiger partial charge < -0.3 is 25.2 Å². The summed E-state index contributed by atoms with van der Waals surface area (Å²) in [7, 11) is 1.49. The second-order valence-electron chi connectivity index (χ2n) is 9.78. The molecule has 10 heteroatoms. The topological polar surface area (TPSA) is 128 Å². The minimum absolute atomic E-state index is 0.0846. The molecule has 1 aromatic heterocycles. The number of imide groups is 1. The van der Waals surface area contributed by atoms with E-state index >= 15 is 0 Å². The first kappa shape index (κ1) is 28.8. The van der Waals surface area contributed by atoms with Crippen LogP contribution in [0.5, 0.6) is 11.5 Å². The number of benzene rings is 1. The molecule has 1 aliphatic heterocycles. The largest absolute Gasteiger partial charge is 0.504 e. The summed E-state index contributed by atoms with van der Waals surface area (Å²) in [5, 5.41) is 43.7. The summed E-state index contributed by atoms with van der Waals surface area (Å²) in [5.74, 6) is -2.29. The number of halogens is 1. The van der Waals surface area contributed by atoms with Crippen LogP contribution in [0.1, 0.15) is 36.6 Å². The summed E-state index contributed by atoms with van der Waals surface area (Å²) in [6.07, 6.45) is 1.99. The number of aliphatic hydroxyl groups excluding tert-OH is 3. The molecule has 4 N–H and O–H groups in total. The van der Waals surface area contributed by atoms with E-state index < -0.39 is 30.5 Å². The molecule has 8 nitrogen and oxygen atoms in total. The number of methoxy groups -OCH3 is 1. The average Bonchev–Trinajstić information content (AvgIpc) is 3.50. The van der Waals surface area contributed by atoms with E-state index in [1.54, 1.807) is 6.07 Å². The van der Waals surface area contributed by atoms with Crippen molar-refractivity contribution in [2.45, 2.75) is 38.8 Å². The van der Waals surface area contributed by atoms with Crippen molar-refractivity contribution in [3.8, 4) is 11.5 Å². The van der Waals surface area contributed by atoms with Crippen molar-refractivity contribution in [1.29, 1.82) is 0 Å². The third kappa shape index (κ3) is 5.69. The lowest BCUT2D eigenvalue weighted by atomic mass is 9.68. The van der Waals surface area contributed by atoms with Crippen LogP contribution in [0.4, 0.5) is 0 Å². The van der Waals surface area contributed by atoms with Crippen LogP contribution in [0.3, 0.4) is 0 Å². The van der Waals surface area contributed by atoms with Crippen molar-refractivity contribution in [3.63, 3.8) is 0 Å². The highest BCUT2D eigenvalue weighted by molar-refractivity contribution is 14.1. The molecule has 2 aromatic rings. The first-order valence-corrected chi connectivity index (χ1v) is 14.4. The Bertz CT molecular complexity index is 1260. The minimum Gasteiger partial charge on any atom is -0.504 e. The number of aromatic hydroxyl groups is 1. The average molecular weight is 654 g/mol. The van der Waals surface area contributed by atoms with Crippen molar-refractivity contribution < 1.29 is 34.8 Å². The van der Waals surface area contributed by atoms with Crippen molar-refractivity contribution >= 4 is 51.8 Å². The standard InChI is InChI=1S/C28H32INO7S/c1-15(8-16-9-21(29)26(34)23(10-16)37-2)5-6-22(33)24-17(13-31)11-19-25(20(24)14-32)28(36)30(27(19)35)12-18-4-3-7-38-18/h3-4,7-10,19-20,22,25,31-34H,5-6,11-14H2,1-2H3/b15-8+/t19-,20+,22-,25-/m1/s1. The van der Waals surface area contributed by atoms with Gasteiger partial charge in [-0.3, -0.25) is 14.5 Å². The van der Waals surface area contributed by atoms with Crippen LogP contribution in [-0.4, -0.2) is 63.6 Å². The van der Waals surface area contributed by atoms with Gasteiger partial charge in [0.25, 0.3) is 0 Å². The highest BCUT2D eigenvalue weighted by Crippen LogP contribution is 2.46. The van der Waals surface area contributed by atoms with Crippen molar-refractivity contribution in [2.24, 2.45) is 17.8 Å². The zero-order valence-electron chi connectivity index (χ0n) is 21.3. The number of phenolic OH excluding ortho intramolecular Hbond substituents is 1. The van der Waals surface area contributed by atoms with Crippen LogP contribution in [0.25, 0.3) is 6.08 Å². The lowest BCUT2D eigenvalue weighted by molar-refractivity contribution is -0.140. The molecule has 0 spiro atoms. The maximum atomic E-state index is 13.4. The summed E-state index contributed by atoms with van der Waals surface area (Å²) in [6.45, 7) is 1.38. The van der Waals surface area contributed by atoms with E-state index in [1.165, 1.54) is 23.3 Å². The molecule has 2 amide bonds. The molecule has 0 radical (unpaired) electrons. The number of hydrogen-bond donors (Lipinski definition) is 4. The van der Waals surface area contributed by atoms with E-state index in [0.717, 1.165) is 16.0 Å². The van der Waals surface area contributed by atoms with E-state index in [1.807, 2.05) is 59.2 Å². The molecule has 1 saturated heterocycles. The van der Waals surface area contributed by atoms with Gasteiger partial charge in [0.05, 0.1) is 48.4 Å². The first-order chi connectivity index (χ1) is 18.2. The summed E-state index contributed by atoms with van der Waals surface area (Å²) in [4.78, 5) is 28.7. The number of amides is 2. The molecule has 1 aromatic carbocycles. The molecule has 38 heavy (non-hydrogen) atoms. The second-order valence-corrected chi connectivity index (χ2v) is 12.0. The zero-order valence-corrected chi connectivity index (χ0v) is 24.2. The molecule has 2 heterocycles. The van der Waals surface area contributed by atoms with Gasteiger partial charge in [0.15, 0.2) is 11.5 Å². The number of carbonyl (C=O) groups excluding carboxylic acids is 2. The molecule has 4 atom stereocenters. The maximum absolute atomic E-state index is 13.4. The van der Waals surface area contributed by atoms with Crippen molar-refractivity contribution in [1.82, 2.24) is 4.90 Å². The summed E-state index contributed by atoms with van der Waals surface area (Å²) < 4.78 is 5.89. The third-order valence-corrected chi connectivity index (χ3v) is 9.10. The highest BCUT2D eigenvalue weighted by Gasteiger charge is 2.54. The van der Waals surface area contributed by atoms with Gasteiger partial charge in [-0.1, -0.05) is 17.7 Å². The van der Waals surface area contributed by atoms with Gasteiger partial charge in [-0.05, 0) is 89.1 Å². The number of ether oxygens (including phenoxy) is 1. The molecule has 1 fully saturated rings. The molecule has 0 bridgehead atoms. The molecule has 0 unspecified atom stereocenters. The SMILES string of the molecule is COc1cc(/C=C(\C)CC[C@@H](O)C2=C(CO)C[C@H]3C(=O)N(Cc4cccs4)C(=O)[C@H]3[C@H]2CO)cc(I)c1O. The summed E-state index contributed by atoms with van der Waals surface area (Å²) in [6, 6.07) is 7.30. The minimum atomic E-state index is -0.984. The fraction of sp³-hybridized carbons (Fsp3) is 0.429. The lowest BCUT2D eigenvalue weighted by Crippen LogP contribution is -2.39. The number of fused-ring (bicyclic) bond motifs is 1. The van der Waals surface area contributed by atoms with Gasteiger partial charge in [-0.25, -0.2) is 0 Å². The first-order valence-electron chi connectivity index (χ1n) is 12.4. The van der Waals surface area contributed by atoms with E-state index in [-0.39, 0.29) is 37.1 Å². The maximum Gasteiger partial charge on any atom is 0.234 e. The number of hydrogen-bond acceptors (Lipinski definition) is 8. The molecule has 2 aliphatic rings. The number of phenols is 1. The van der Waals surface area contributed by atoms with Crippen LogP contribution < -0.4 is 4.74 Å². The smallest absolute Gasteiger partial charge is 0.234 e. The van der Waals surface area contributed by atoms with Crippen LogP contribution in [-0.2, 0) is 16.1 Å². The Labute approximate surface area is 239 Å². The molecular weight excluding hydrogens is 621 g/mol. The Balaban J connectivity index is 1.52. The van der Waals surface area contributed by atoms with E-state index in [0.29, 0.717) is 33.3 Å². The van der Waals surface area contributed by atoms with Gasteiger partial charge in [0, 0.05) is 10.8 Å². The Morgan fingerprint density at radius 2 is 2.05 bits per heavy atom. The van der Waals surface area contributed by atoms with E-state index in [4.69, 9.17) is 4.74 Å². The number of rotatable bonds is 10. The normalized spacial score (nSPS) is 22.7. The van der Waals surface area contributed by atoms with Gasteiger partial charge in [-0.2, -0.15) is 0 Å². The van der Waals surface area contributed by atoms with Crippen molar-refractivity contribution in [3.05, 3.63) is 60.4 Å². The van der Waals surface area contributed by atoms with E-state index in [2.05, 4.69) is 0 Å². The quantitative estimate of drug-likeness (QED) is 0.175. The van der Waals surface area contributed by atoms with Gasteiger partial charge >= 0.3 is 0 Å². The van der Waals surface area contributed by atoms with Crippen LogP contribution >= 0.6 is 33.9 Å². The fourth-order valence-corrected chi connectivity index (χ4v) is 6.91. The van der Waals surface area contributed by atoms with Crippen LogP contribution in [0, 0.1) is 21.3 Å². The molecular formula is C28H32INO7S. The van der Waals surface area contributed by atoms with Crippen LogP contribution in [0.15, 0.2) is 46.4 Å². The Morgan fingerprint density at radius 1 is 1.29 bits per heavy atom. The zero-order chi connectivity index (χ0) is 27.6.